The summed E-state index contributed by atoms with van der Waals surface area (Å²) in [5, 5.41) is 7.78. The molecular weight excluding hydrogens is 316 g/mol. The fraction of sp³-hybridized carbons (Fsp3) is 0.0556. The minimum absolute atomic E-state index is 0. The zero-order valence-electron chi connectivity index (χ0n) is 12.2. The maximum Gasteiger partial charge on any atom is 2.00 e. The van der Waals surface area contributed by atoms with Crippen LogP contribution in [0.2, 0.25) is 0 Å². The van der Waals surface area contributed by atoms with E-state index in [1.54, 1.807) is 18.9 Å². The van der Waals surface area contributed by atoms with Gasteiger partial charge in [0.1, 0.15) is 0 Å². The fourth-order valence-electron chi connectivity index (χ4n) is 1.69. The van der Waals surface area contributed by atoms with Crippen LogP contribution in [0.1, 0.15) is 5.56 Å². The Morgan fingerprint density at radius 1 is 0.818 bits per heavy atom. The Bertz CT molecular complexity index is 433. The number of hydrogen-bond acceptors (Lipinski definition) is 1. The quantitative estimate of drug-likeness (QED) is 0.712. The van der Waals surface area contributed by atoms with Crippen molar-refractivity contribution in [2.24, 2.45) is 0 Å². The van der Waals surface area contributed by atoms with Crippen molar-refractivity contribution in [1.29, 1.82) is 0 Å². The van der Waals surface area contributed by atoms with Gasteiger partial charge in [0.25, 0.3) is 0 Å². The number of aryl methyl sites for hydroxylation is 1. The van der Waals surface area contributed by atoms with Crippen LogP contribution in [-0.2, 0) is 17.1 Å². The summed E-state index contributed by atoms with van der Waals surface area (Å²) in [5.41, 5.74) is 1.64. The monoisotopic (exact) mass is 332 g/mol. The van der Waals surface area contributed by atoms with Crippen molar-refractivity contribution in [2.45, 2.75) is 6.92 Å². The summed E-state index contributed by atoms with van der Waals surface area (Å²) in [5.74, 6) is 0. The largest absolute Gasteiger partial charge is 2.00 e. The van der Waals surface area contributed by atoms with Gasteiger partial charge >= 0.3 is 17.1 Å². The predicted molar refractivity (Wildman–Crippen MR) is 84.9 cm³/mol. The third-order valence-corrected chi connectivity index (χ3v) is 2.76. The Kier molecular flexibility index (Phi) is 9.26. The van der Waals surface area contributed by atoms with E-state index in [1.807, 2.05) is 70.1 Å². The fourth-order valence-corrected chi connectivity index (χ4v) is 1.69. The van der Waals surface area contributed by atoms with Gasteiger partial charge < -0.3 is 15.4 Å². The van der Waals surface area contributed by atoms with E-state index >= 15 is 0 Å². The summed E-state index contributed by atoms with van der Waals surface area (Å²) in [6.45, 7) is 1.91. The van der Waals surface area contributed by atoms with Crippen LogP contribution in [0.5, 0.6) is 0 Å². The SMILES string of the molecule is Cc1ccccc1[N-]C(=O)[N-][C]1[CH][CH][CH][CH]1.[CH]1[CH][CH][CH][CH]1.[Fe+2]. The second-order valence-corrected chi connectivity index (χ2v) is 4.40. The maximum atomic E-state index is 11.5. The van der Waals surface area contributed by atoms with E-state index in [-0.39, 0.29) is 17.1 Å². The number of urea groups is 1. The number of carbonyl (C=O) groups excluding carboxylic acids is 1. The van der Waals surface area contributed by atoms with E-state index in [0.29, 0.717) is 11.7 Å². The minimum Gasteiger partial charge on any atom is -0.664 e. The molecule has 0 N–H and O–H groups in total. The number of benzene rings is 1. The zero-order valence-corrected chi connectivity index (χ0v) is 13.3. The van der Waals surface area contributed by atoms with Crippen molar-refractivity contribution >= 4 is 11.7 Å². The predicted octanol–water partition coefficient (Wildman–Crippen LogP) is 4.88. The van der Waals surface area contributed by atoms with Gasteiger partial charge in [0.15, 0.2) is 0 Å². The molecule has 0 aliphatic heterocycles. The van der Waals surface area contributed by atoms with Crippen molar-refractivity contribution in [1.82, 2.24) is 0 Å². The molecule has 0 unspecified atom stereocenters. The summed E-state index contributed by atoms with van der Waals surface area (Å²) >= 11 is 0. The van der Waals surface area contributed by atoms with Gasteiger partial charge in [-0.15, -0.1) is 11.7 Å². The van der Waals surface area contributed by atoms with E-state index < -0.39 is 6.03 Å². The number of carbonyl (C=O) groups is 1. The minimum atomic E-state index is -0.472. The Balaban J connectivity index is 0.000000344. The summed E-state index contributed by atoms with van der Waals surface area (Å²) < 4.78 is 0. The van der Waals surface area contributed by atoms with Crippen LogP contribution in [0, 0.1) is 70.8 Å². The van der Waals surface area contributed by atoms with Gasteiger partial charge in [-0.25, -0.2) is 0 Å². The zero-order chi connectivity index (χ0) is 14.9. The third kappa shape index (κ3) is 6.85. The number of amides is 2. The molecule has 4 heteroatoms. The van der Waals surface area contributed by atoms with Crippen LogP contribution < -0.4 is 0 Å². The van der Waals surface area contributed by atoms with Gasteiger partial charge in [-0.1, -0.05) is 29.8 Å². The molecule has 10 radical (unpaired) electrons. The van der Waals surface area contributed by atoms with E-state index in [2.05, 4.69) is 10.6 Å². The molecule has 0 spiro atoms. The average molecular weight is 332 g/mol. The Morgan fingerprint density at radius 2 is 1.36 bits per heavy atom. The number of para-hydroxylation sites is 1. The molecule has 0 heterocycles. The van der Waals surface area contributed by atoms with E-state index in [9.17, 15) is 4.79 Å². The summed E-state index contributed by atoms with van der Waals surface area (Å²) in [4.78, 5) is 11.5. The molecule has 3 nitrogen and oxygen atoms in total. The molecule has 112 valence electrons. The molecule has 0 saturated heterocycles. The van der Waals surface area contributed by atoms with Crippen molar-refractivity contribution in [3.8, 4) is 0 Å². The first-order valence-electron chi connectivity index (χ1n) is 6.67. The van der Waals surface area contributed by atoms with E-state index in [4.69, 9.17) is 0 Å². The van der Waals surface area contributed by atoms with Gasteiger partial charge in [-0.3, -0.25) is 0 Å². The van der Waals surface area contributed by atoms with Gasteiger partial charge in [-0.2, -0.15) is 0 Å². The average Bonchev–Trinajstić information content (AvgIpc) is 3.16. The number of rotatable bonds is 2. The standard InChI is InChI=1S/C13H12N2O.C5H5.Fe/c1-10-6-2-5-9-12(10)15-13(16)14-11-7-3-4-8-11;1-2-4-5-3-1;/h2-9H,1H3,(H-,14,15,16);1-5H;/q-1;;+2/p-1. The second kappa shape index (κ2) is 10.7. The molecule has 2 aliphatic carbocycles. The topological polar surface area (TPSA) is 45.3 Å². The Hall–Kier alpha value is -0.991. The van der Waals surface area contributed by atoms with Crippen molar-refractivity contribution in [3.05, 3.63) is 104 Å². The molecule has 2 fully saturated rings. The normalized spacial score (nSPS) is 17.1. The third-order valence-electron chi connectivity index (χ3n) is 2.76. The smallest absolute Gasteiger partial charge is 0.664 e. The molecule has 1 aromatic carbocycles. The molecule has 1 aromatic rings. The molecule has 2 aliphatic rings. The van der Waals surface area contributed by atoms with Crippen LogP contribution in [0.4, 0.5) is 10.5 Å². The van der Waals surface area contributed by atoms with E-state index in [1.165, 1.54) is 0 Å². The summed E-state index contributed by atoms with van der Waals surface area (Å²) in [6.07, 6.45) is 17.2. The molecule has 0 atom stereocenters. The first kappa shape index (κ1) is 19.1. The molecular formula is C18H16FeN2O. The van der Waals surface area contributed by atoms with E-state index in [0.717, 1.165) is 5.56 Å². The second-order valence-electron chi connectivity index (χ2n) is 4.40. The molecule has 0 aromatic heterocycles. The van der Waals surface area contributed by atoms with Gasteiger partial charge in [0.05, 0.1) is 0 Å². The Labute approximate surface area is 145 Å². The molecule has 3 rings (SSSR count). The summed E-state index contributed by atoms with van der Waals surface area (Å²) in [7, 11) is 0. The molecule has 2 amide bonds. The van der Waals surface area contributed by atoms with Crippen molar-refractivity contribution < 1.29 is 21.9 Å². The van der Waals surface area contributed by atoms with Gasteiger partial charge in [0.2, 0.25) is 0 Å². The van der Waals surface area contributed by atoms with Gasteiger partial charge in [0, 0.05) is 0 Å². The summed E-state index contributed by atoms with van der Waals surface area (Å²) in [6, 6.07) is 7.64. The first-order chi connectivity index (χ1) is 10.3. The van der Waals surface area contributed by atoms with Crippen molar-refractivity contribution in [3.63, 3.8) is 0 Å². The Morgan fingerprint density at radius 3 is 1.91 bits per heavy atom. The van der Waals surface area contributed by atoms with Crippen LogP contribution in [0.15, 0.2) is 24.3 Å². The van der Waals surface area contributed by atoms with Crippen molar-refractivity contribution in [2.75, 3.05) is 0 Å². The van der Waals surface area contributed by atoms with Gasteiger partial charge in [-0.05, 0) is 70.7 Å². The maximum absolute atomic E-state index is 11.5. The molecule has 22 heavy (non-hydrogen) atoms. The van der Waals surface area contributed by atoms with Crippen LogP contribution in [0.25, 0.3) is 10.6 Å². The first-order valence-corrected chi connectivity index (χ1v) is 6.67. The number of nitrogens with zero attached hydrogens (tertiary/aromatic N) is 2. The molecule has 2 saturated carbocycles. The van der Waals surface area contributed by atoms with Crippen LogP contribution >= 0.6 is 0 Å². The number of hydrogen-bond donors (Lipinski definition) is 0. The molecule has 0 bridgehead atoms. The van der Waals surface area contributed by atoms with Crippen LogP contribution in [-0.4, -0.2) is 6.03 Å². The van der Waals surface area contributed by atoms with Crippen LogP contribution in [0.3, 0.4) is 0 Å².